The standard InChI is InChI=1S/C24H33N5O3/c1-5-23(30)28-8-6-18(7-9-28)20-14-21(29-10-11-32-15-17(29)3)27-24(26-20)19-12-16(2)25-22(13-19)31-4/h12-14,17-18H,5-11,15H2,1-4H3/t17-/m1/s1. The van der Waals surface area contributed by atoms with Gasteiger partial charge in [0.15, 0.2) is 5.82 Å². The molecule has 0 aliphatic carbocycles. The summed E-state index contributed by atoms with van der Waals surface area (Å²) in [5, 5.41) is 0. The fourth-order valence-electron chi connectivity index (χ4n) is 4.53. The predicted octanol–water partition coefficient (Wildman–Crippen LogP) is 3.20. The average molecular weight is 440 g/mol. The molecular weight excluding hydrogens is 406 g/mol. The highest BCUT2D eigenvalue weighted by Gasteiger charge is 2.27. The molecule has 8 heteroatoms. The maximum Gasteiger partial charge on any atom is 0.222 e. The summed E-state index contributed by atoms with van der Waals surface area (Å²) in [5.74, 6) is 2.71. The Labute approximate surface area is 190 Å². The minimum absolute atomic E-state index is 0.231. The minimum atomic E-state index is 0.231. The molecule has 0 saturated carbocycles. The molecule has 8 nitrogen and oxygen atoms in total. The highest BCUT2D eigenvalue weighted by atomic mass is 16.5. The Morgan fingerprint density at radius 2 is 1.94 bits per heavy atom. The molecule has 1 atom stereocenters. The fourth-order valence-corrected chi connectivity index (χ4v) is 4.53. The zero-order valence-corrected chi connectivity index (χ0v) is 19.5. The van der Waals surface area contributed by atoms with Crippen LogP contribution in [0, 0.1) is 6.92 Å². The van der Waals surface area contributed by atoms with E-state index in [4.69, 9.17) is 19.4 Å². The van der Waals surface area contributed by atoms with Crippen molar-refractivity contribution in [2.45, 2.75) is 52.0 Å². The van der Waals surface area contributed by atoms with E-state index in [-0.39, 0.29) is 11.9 Å². The number of likely N-dealkylation sites (tertiary alicyclic amines) is 1. The van der Waals surface area contributed by atoms with Gasteiger partial charge in [-0.1, -0.05) is 6.92 Å². The number of ether oxygens (including phenoxy) is 2. The van der Waals surface area contributed by atoms with Gasteiger partial charge in [0.1, 0.15) is 5.82 Å². The van der Waals surface area contributed by atoms with E-state index in [0.717, 1.165) is 55.2 Å². The molecule has 2 aliphatic heterocycles. The van der Waals surface area contributed by atoms with Crippen molar-refractivity contribution in [3.8, 4) is 17.3 Å². The lowest BCUT2D eigenvalue weighted by Gasteiger charge is -2.35. The molecule has 172 valence electrons. The number of methoxy groups -OCH3 is 1. The van der Waals surface area contributed by atoms with Crippen LogP contribution in [0.15, 0.2) is 18.2 Å². The van der Waals surface area contributed by atoms with Crippen LogP contribution in [0.4, 0.5) is 5.82 Å². The van der Waals surface area contributed by atoms with E-state index in [1.54, 1.807) is 7.11 Å². The number of hydrogen-bond donors (Lipinski definition) is 0. The van der Waals surface area contributed by atoms with Crippen molar-refractivity contribution in [1.29, 1.82) is 0 Å². The van der Waals surface area contributed by atoms with Gasteiger partial charge in [-0.2, -0.15) is 0 Å². The van der Waals surface area contributed by atoms with Gasteiger partial charge < -0.3 is 19.3 Å². The molecule has 0 aromatic carbocycles. The number of carbonyl (C=O) groups excluding carboxylic acids is 1. The monoisotopic (exact) mass is 439 g/mol. The second-order valence-corrected chi connectivity index (χ2v) is 8.64. The maximum atomic E-state index is 12.1. The molecule has 0 radical (unpaired) electrons. The Morgan fingerprint density at radius 3 is 2.62 bits per heavy atom. The van der Waals surface area contributed by atoms with Crippen LogP contribution in [0.1, 0.15) is 50.4 Å². The van der Waals surface area contributed by atoms with Gasteiger partial charge >= 0.3 is 0 Å². The summed E-state index contributed by atoms with van der Waals surface area (Å²) < 4.78 is 11.0. The number of hydrogen-bond acceptors (Lipinski definition) is 7. The summed E-state index contributed by atoms with van der Waals surface area (Å²) in [4.78, 5) is 30.7. The molecular formula is C24H33N5O3. The van der Waals surface area contributed by atoms with E-state index in [0.29, 0.717) is 37.3 Å². The first-order valence-electron chi connectivity index (χ1n) is 11.5. The Morgan fingerprint density at radius 1 is 1.16 bits per heavy atom. The molecule has 0 spiro atoms. The zero-order valence-electron chi connectivity index (χ0n) is 19.5. The number of anilines is 1. The lowest BCUT2D eigenvalue weighted by Crippen LogP contribution is -2.44. The van der Waals surface area contributed by atoms with Gasteiger partial charge in [0, 0.05) is 61.1 Å². The first kappa shape index (κ1) is 22.5. The van der Waals surface area contributed by atoms with Crippen molar-refractivity contribution in [1.82, 2.24) is 19.9 Å². The molecule has 2 aliphatic rings. The lowest BCUT2D eigenvalue weighted by atomic mass is 9.92. The molecule has 2 fully saturated rings. The highest BCUT2D eigenvalue weighted by molar-refractivity contribution is 5.75. The van der Waals surface area contributed by atoms with E-state index in [2.05, 4.69) is 22.9 Å². The average Bonchev–Trinajstić information content (AvgIpc) is 2.83. The molecule has 2 saturated heterocycles. The smallest absolute Gasteiger partial charge is 0.222 e. The van der Waals surface area contributed by atoms with E-state index in [1.807, 2.05) is 30.9 Å². The third-order valence-corrected chi connectivity index (χ3v) is 6.36. The number of carbonyl (C=O) groups is 1. The van der Waals surface area contributed by atoms with Crippen LogP contribution >= 0.6 is 0 Å². The summed E-state index contributed by atoms with van der Waals surface area (Å²) in [5.41, 5.74) is 2.80. The van der Waals surface area contributed by atoms with Crippen molar-refractivity contribution in [2.24, 2.45) is 0 Å². The van der Waals surface area contributed by atoms with Crippen molar-refractivity contribution in [3.63, 3.8) is 0 Å². The summed E-state index contributed by atoms with van der Waals surface area (Å²) in [7, 11) is 1.62. The van der Waals surface area contributed by atoms with Crippen molar-refractivity contribution >= 4 is 11.7 Å². The largest absolute Gasteiger partial charge is 0.481 e. The summed E-state index contributed by atoms with van der Waals surface area (Å²) in [6.07, 6.45) is 2.39. The van der Waals surface area contributed by atoms with Crippen LogP contribution in [0.2, 0.25) is 0 Å². The normalized spacial score (nSPS) is 19.8. The molecule has 0 bridgehead atoms. The minimum Gasteiger partial charge on any atom is -0.481 e. The third kappa shape index (κ3) is 4.85. The molecule has 4 rings (SSSR count). The number of aryl methyl sites for hydroxylation is 1. The summed E-state index contributed by atoms with van der Waals surface area (Å²) in [6, 6.07) is 6.27. The molecule has 2 aromatic heterocycles. The molecule has 1 amide bonds. The third-order valence-electron chi connectivity index (χ3n) is 6.36. The number of aromatic nitrogens is 3. The van der Waals surface area contributed by atoms with Crippen LogP contribution in [-0.2, 0) is 9.53 Å². The van der Waals surface area contributed by atoms with Crippen LogP contribution in [0.25, 0.3) is 11.4 Å². The second-order valence-electron chi connectivity index (χ2n) is 8.64. The zero-order chi connectivity index (χ0) is 22.7. The van der Waals surface area contributed by atoms with Crippen molar-refractivity contribution in [2.75, 3.05) is 44.9 Å². The van der Waals surface area contributed by atoms with E-state index in [9.17, 15) is 4.79 Å². The maximum absolute atomic E-state index is 12.1. The molecule has 0 N–H and O–H groups in total. The van der Waals surface area contributed by atoms with Gasteiger partial charge in [-0.3, -0.25) is 4.79 Å². The fraction of sp³-hybridized carbons (Fsp3) is 0.583. The molecule has 0 unspecified atom stereocenters. The van der Waals surface area contributed by atoms with E-state index in [1.165, 1.54) is 0 Å². The quantitative estimate of drug-likeness (QED) is 0.708. The highest BCUT2D eigenvalue weighted by Crippen LogP contribution is 2.32. The van der Waals surface area contributed by atoms with Crippen LogP contribution < -0.4 is 9.64 Å². The number of pyridine rings is 1. The first-order valence-corrected chi connectivity index (χ1v) is 11.5. The number of piperidine rings is 1. The Kier molecular flexibility index (Phi) is 6.89. The predicted molar refractivity (Wildman–Crippen MR) is 123 cm³/mol. The van der Waals surface area contributed by atoms with Gasteiger partial charge in [-0.15, -0.1) is 0 Å². The second kappa shape index (κ2) is 9.81. The van der Waals surface area contributed by atoms with E-state index < -0.39 is 0 Å². The number of rotatable bonds is 5. The summed E-state index contributed by atoms with van der Waals surface area (Å²) in [6.45, 7) is 9.78. The van der Waals surface area contributed by atoms with Crippen LogP contribution in [-0.4, -0.2) is 71.8 Å². The Balaban J connectivity index is 1.70. The molecule has 2 aromatic rings. The number of nitrogens with zero attached hydrogens (tertiary/aromatic N) is 5. The van der Waals surface area contributed by atoms with Gasteiger partial charge in [0.05, 0.1) is 26.4 Å². The van der Waals surface area contributed by atoms with Gasteiger partial charge in [0.25, 0.3) is 0 Å². The van der Waals surface area contributed by atoms with Gasteiger partial charge in [-0.25, -0.2) is 15.0 Å². The van der Waals surface area contributed by atoms with E-state index >= 15 is 0 Å². The Bertz CT molecular complexity index is 959. The first-order chi connectivity index (χ1) is 15.5. The number of morpholine rings is 1. The molecule has 4 heterocycles. The van der Waals surface area contributed by atoms with Gasteiger partial charge in [0.2, 0.25) is 11.8 Å². The van der Waals surface area contributed by atoms with Crippen molar-refractivity contribution < 1.29 is 14.3 Å². The Hall–Kier alpha value is -2.74. The van der Waals surface area contributed by atoms with Crippen LogP contribution in [0.5, 0.6) is 5.88 Å². The van der Waals surface area contributed by atoms with Gasteiger partial charge in [-0.05, 0) is 32.8 Å². The summed E-state index contributed by atoms with van der Waals surface area (Å²) >= 11 is 0. The topological polar surface area (TPSA) is 80.7 Å². The lowest BCUT2D eigenvalue weighted by molar-refractivity contribution is -0.131. The van der Waals surface area contributed by atoms with Crippen molar-refractivity contribution in [3.05, 3.63) is 29.6 Å². The molecule has 32 heavy (non-hydrogen) atoms. The SMILES string of the molecule is CCC(=O)N1CCC(c2cc(N3CCOC[C@H]3C)nc(-c3cc(C)nc(OC)c3)n2)CC1. The number of amides is 1. The van der Waals surface area contributed by atoms with Crippen LogP contribution in [0.3, 0.4) is 0 Å².